The summed E-state index contributed by atoms with van der Waals surface area (Å²) in [5, 5.41) is 4.90. The number of hydrogen-bond donors (Lipinski definition) is 1. The molecule has 0 fully saturated rings. The molecule has 21 heavy (non-hydrogen) atoms. The molecule has 1 N–H and O–H groups in total. The first kappa shape index (κ1) is 16.9. The van der Waals surface area contributed by atoms with Gasteiger partial charge in [0.1, 0.15) is 17.5 Å². The fourth-order valence-corrected chi connectivity index (χ4v) is 1.14. The first-order valence-corrected chi connectivity index (χ1v) is 5.70. The molecule has 1 rings (SSSR count). The highest BCUT2D eigenvalue weighted by atomic mass is 19.2. The Balaban J connectivity index is 3.09. The van der Waals surface area contributed by atoms with Crippen molar-refractivity contribution in [3.63, 3.8) is 0 Å². The number of carbonyl (C=O) groups is 1. The van der Waals surface area contributed by atoms with Crippen LogP contribution in [0.2, 0.25) is 0 Å². The molecule has 0 aliphatic heterocycles. The van der Waals surface area contributed by atoms with E-state index in [0.29, 0.717) is 0 Å². The molecule has 9 heteroatoms. The molecule has 1 aromatic carbocycles. The van der Waals surface area contributed by atoms with Crippen molar-refractivity contribution >= 4 is 17.3 Å². The molecule has 0 heterocycles. The van der Waals surface area contributed by atoms with Crippen molar-refractivity contribution in [1.29, 1.82) is 0 Å². The first-order valence-electron chi connectivity index (χ1n) is 5.70. The lowest BCUT2D eigenvalue weighted by Gasteiger charge is -2.10. The molecule has 0 bridgehead atoms. The fraction of sp³-hybridized carbons (Fsp3) is 0.333. The van der Waals surface area contributed by atoms with Gasteiger partial charge in [0.25, 0.3) is 5.91 Å². The van der Waals surface area contributed by atoms with E-state index >= 15 is 0 Å². The number of benzene rings is 1. The van der Waals surface area contributed by atoms with Gasteiger partial charge < -0.3 is 10.2 Å². The minimum atomic E-state index is -2.31. The van der Waals surface area contributed by atoms with Crippen molar-refractivity contribution in [3.05, 3.63) is 29.1 Å². The van der Waals surface area contributed by atoms with Crippen LogP contribution in [-0.4, -0.2) is 17.7 Å². The summed E-state index contributed by atoms with van der Waals surface area (Å²) in [7, 11) is 0. The molecule has 1 amide bonds. The topological polar surface area (TPSA) is 50.7 Å². The lowest BCUT2D eigenvalue weighted by molar-refractivity contribution is -0.110. The van der Waals surface area contributed by atoms with Crippen LogP contribution in [0.5, 0.6) is 0 Å². The van der Waals surface area contributed by atoms with Crippen molar-refractivity contribution in [1.82, 2.24) is 0 Å². The summed E-state index contributed by atoms with van der Waals surface area (Å²) in [4.78, 5) is 16.3. The average Bonchev–Trinajstić information content (AvgIpc) is 2.44. The highest BCUT2D eigenvalue weighted by molar-refractivity contribution is 6.42. The molecule has 0 aromatic heterocycles. The third-order valence-electron chi connectivity index (χ3n) is 2.18. The number of amides is 1. The maximum atomic E-state index is 13.3. The molecule has 0 saturated carbocycles. The minimum absolute atomic E-state index is 0.354. The van der Waals surface area contributed by atoms with Crippen LogP contribution < -0.4 is 5.32 Å². The second kappa shape index (κ2) is 6.51. The Bertz CT molecular complexity index is 573. The van der Waals surface area contributed by atoms with Gasteiger partial charge in [-0.2, -0.15) is 0 Å². The summed E-state index contributed by atoms with van der Waals surface area (Å²) < 4.78 is 65.4. The van der Waals surface area contributed by atoms with Crippen molar-refractivity contribution in [2.45, 2.75) is 26.9 Å². The maximum absolute atomic E-state index is 13.3. The van der Waals surface area contributed by atoms with Gasteiger partial charge in [0.15, 0.2) is 23.3 Å². The minimum Gasteiger partial charge on any atom is -0.393 e. The standard InChI is InChI=1S/C12H11F5N2O2/c1-4(2)21-19-5(3)12(20)18-11-9(16)7(14)6(13)8(15)10(11)17/h4H,1-3H3,(H,18,20)/b19-5-. The van der Waals surface area contributed by atoms with E-state index in [2.05, 4.69) is 5.16 Å². The Labute approximate surface area is 116 Å². The molecular formula is C12H11F5N2O2. The predicted molar refractivity (Wildman–Crippen MR) is 64.2 cm³/mol. The number of oxime groups is 1. The Kier molecular flexibility index (Phi) is 5.23. The lowest BCUT2D eigenvalue weighted by Crippen LogP contribution is -2.23. The highest BCUT2D eigenvalue weighted by Gasteiger charge is 2.27. The summed E-state index contributed by atoms with van der Waals surface area (Å²) in [6, 6.07) is 0. The zero-order chi connectivity index (χ0) is 16.3. The monoisotopic (exact) mass is 310 g/mol. The molecule has 0 saturated heterocycles. The van der Waals surface area contributed by atoms with E-state index in [-0.39, 0.29) is 11.8 Å². The van der Waals surface area contributed by atoms with Gasteiger partial charge in [0, 0.05) is 0 Å². The number of nitrogens with zero attached hydrogens (tertiary/aromatic N) is 1. The molecule has 0 radical (unpaired) electrons. The number of hydrogen-bond acceptors (Lipinski definition) is 3. The number of anilines is 1. The van der Waals surface area contributed by atoms with Crippen LogP contribution in [0, 0.1) is 29.1 Å². The summed E-state index contributed by atoms with van der Waals surface area (Å²) in [5.74, 6) is -12.1. The second-order valence-electron chi connectivity index (χ2n) is 4.23. The molecule has 116 valence electrons. The van der Waals surface area contributed by atoms with E-state index in [1.807, 2.05) is 0 Å². The van der Waals surface area contributed by atoms with Crippen LogP contribution in [0.3, 0.4) is 0 Å². The summed E-state index contributed by atoms with van der Waals surface area (Å²) in [6.45, 7) is 4.36. The van der Waals surface area contributed by atoms with Gasteiger partial charge in [0.2, 0.25) is 5.82 Å². The smallest absolute Gasteiger partial charge is 0.273 e. The largest absolute Gasteiger partial charge is 0.393 e. The van der Waals surface area contributed by atoms with E-state index < -0.39 is 40.7 Å². The summed E-state index contributed by atoms with van der Waals surface area (Å²) >= 11 is 0. The van der Waals surface area contributed by atoms with Gasteiger partial charge in [-0.3, -0.25) is 4.79 Å². The van der Waals surface area contributed by atoms with Crippen molar-refractivity contribution < 1.29 is 31.6 Å². The highest BCUT2D eigenvalue weighted by Crippen LogP contribution is 2.27. The normalized spacial score (nSPS) is 11.8. The number of nitrogens with one attached hydrogen (secondary N) is 1. The van der Waals surface area contributed by atoms with Gasteiger partial charge in [-0.05, 0) is 20.8 Å². The summed E-state index contributed by atoms with van der Waals surface area (Å²) in [5.41, 5.74) is -1.80. The Morgan fingerprint density at radius 1 is 1.00 bits per heavy atom. The SMILES string of the molecule is C/C(=N/OC(C)C)C(=O)Nc1c(F)c(F)c(F)c(F)c1F. The summed E-state index contributed by atoms with van der Waals surface area (Å²) in [6.07, 6.45) is -0.359. The Hall–Kier alpha value is -2.19. The van der Waals surface area contributed by atoms with E-state index in [1.165, 1.54) is 0 Å². The van der Waals surface area contributed by atoms with Crippen molar-refractivity contribution in [2.75, 3.05) is 5.32 Å². The van der Waals surface area contributed by atoms with Crippen molar-refractivity contribution in [3.8, 4) is 0 Å². The Morgan fingerprint density at radius 3 is 1.86 bits per heavy atom. The number of rotatable bonds is 4. The molecule has 1 aromatic rings. The van der Waals surface area contributed by atoms with Gasteiger partial charge in [0.05, 0.1) is 0 Å². The zero-order valence-corrected chi connectivity index (χ0v) is 11.2. The van der Waals surface area contributed by atoms with Crippen LogP contribution in [0.15, 0.2) is 5.16 Å². The van der Waals surface area contributed by atoms with Crippen LogP contribution in [0.4, 0.5) is 27.6 Å². The van der Waals surface area contributed by atoms with Crippen LogP contribution in [-0.2, 0) is 9.63 Å². The molecule has 4 nitrogen and oxygen atoms in total. The van der Waals surface area contributed by atoms with Crippen LogP contribution in [0.1, 0.15) is 20.8 Å². The molecule has 0 atom stereocenters. The number of halogens is 5. The predicted octanol–water partition coefficient (Wildman–Crippen LogP) is 3.12. The van der Waals surface area contributed by atoms with Gasteiger partial charge in [-0.1, -0.05) is 5.16 Å². The third-order valence-corrected chi connectivity index (χ3v) is 2.18. The molecular weight excluding hydrogens is 299 g/mol. The second-order valence-corrected chi connectivity index (χ2v) is 4.23. The fourth-order valence-electron chi connectivity index (χ4n) is 1.14. The molecule has 0 spiro atoms. The third kappa shape index (κ3) is 3.67. The van der Waals surface area contributed by atoms with Crippen molar-refractivity contribution in [2.24, 2.45) is 5.16 Å². The molecule has 0 aliphatic rings. The lowest BCUT2D eigenvalue weighted by atomic mass is 10.2. The zero-order valence-electron chi connectivity index (χ0n) is 11.2. The van der Waals surface area contributed by atoms with E-state index in [1.54, 1.807) is 19.2 Å². The van der Waals surface area contributed by atoms with E-state index in [4.69, 9.17) is 4.84 Å². The maximum Gasteiger partial charge on any atom is 0.273 e. The Morgan fingerprint density at radius 2 is 1.43 bits per heavy atom. The van der Waals surface area contributed by atoms with E-state index in [0.717, 1.165) is 6.92 Å². The van der Waals surface area contributed by atoms with Gasteiger partial charge >= 0.3 is 0 Å². The molecule has 0 aliphatic carbocycles. The number of carbonyl (C=O) groups excluding carboxylic acids is 1. The first-order chi connectivity index (χ1) is 9.66. The van der Waals surface area contributed by atoms with E-state index in [9.17, 15) is 26.7 Å². The quantitative estimate of drug-likeness (QED) is 0.305. The molecule has 0 unspecified atom stereocenters. The van der Waals surface area contributed by atoms with Gasteiger partial charge in [-0.15, -0.1) is 0 Å². The van der Waals surface area contributed by atoms with Crippen LogP contribution in [0.25, 0.3) is 0 Å². The average molecular weight is 310 g/mol. The van der Waals surface area contributed by atoms with Gasteiger partial charge in [-0.25, -0.2) is 22.0 Å². The van der Waals surface area contributed by atoms with Crippen LogP contribution >= 0.6 is 0 Å².